The number of fused-ring (bicyclic) bond motifs is 1. The first-order chi connectivity index (χ1) is 7.35. The largest absolute Gasteiger partial charge is 0.366 e. The van der Waals surface area contributed by atoms with Crippen molar-refractivity contribution < 1.29 is 4.79 Å². The first kappa shape index (κ1) is 8.40. The maximum atomic E-state index is 10.5. The molecule has 5 nitrogen and oxygen atoms in total. The Morgan fingerprint density at radius 3 is 3.07 bits per heavy atom. The van der Waals surface area contributed by atoms with E-state index in [1.165, 1.54) is 12.8 Å². The fourth-order valence-corrected chi connectivity index (χ4v) is 1.47. The molecule has 3 rings (SSSR count). The Hall–Kier alpha value is -1.91. The molecular weight excluding hydrogens is 192 g/mol. The molecule has 0 bridgehead atoms. The lowest BCUT2D eigenvalue weighted by Gasteiger charge is -2.02. The van der Waals surface area contributed by atoms with Crippen LogP contribution < -0.4 is 5.32 Å². The number of nitrogens with zero attached hydrogens (tertiary/aromatic N) is 3. The number of hydrogen-bond acceptors (Lipinski definition) is 4. The van der Waals surface area contributed by atoms with E-state index in [1.807, 2.05) is 12.1 Å². The number of nitrogens with one attached hydrogen (secondary N) is 1. The zero-order valence-electron chi connectivity index (χ0n) is 8.05. The molecule has 1 fully saturated rings. The summed E-state index contributed by atoms with van der Waals surface area (Å²) in [5.41, 5.74) is 1.10. The standard InChI is InChI=1S/C10H10N4O/c15-6-8-5-14-10(12-8)4-3-9(13-14)11-7-1-2-7/h3-7H,1-2H2,(H,11,13). The second-order valence-corrected chi connectivity index (χ2v) is 3.72. The van der Waals surface area contributed by atoms with Gasteiger partial charge in [-0.3, -0.25) is 4.79 Å². The Labute approximate surface area is 86.1 Å². The van der Waals surface area contributed by atoms with Crippen LogP contribution in [-0.4, -0.2) is 26.9 Å². The number of imidazole rings is 1. The molecule has 1 saturated carbocycles. The van der Waals surface area contributed by atoms with Crippen LogP contribution in [0.25, 0.3) is 5.65 Å². The van der Waals surface area contributed by atoms with Gasteiger partial charge >= 0.3 is 0 Å². The van der Waals surface area contributed by atoms with E-state index >= 15 is 0 Å². The van der Waals surface area contributed by atoms with Crippen LogP contribution >= 0.6 is 0 Å². The second kappa shape index (κ2) is 3.05. The predicted octanol–water partition coefficient (Wildman–Crippen LogP) is 1.12. The van der Waals surface area contributed by atoms with Gasteiger partial charge in [0.2, 0.25) is 0 Å². The highest BCUT2D eigenvalue weighted by Gasteiger charge is 2.21. The molecule has 0 amide bonds. The molecule has 0 aromatic carbocycles. The molecule has 0 atom stereocenters. The number of aldehydes is 1. The van der Waals surface area contributed by atoms with Gasteiger partial charge in [-0.25, -0.2) is 9.50 Å². The smallest absolute Gasteiger partial charge is 0.170 e. The Morgan fingerprint density at radius 2 is 2.33 bits per heavy atom. The van der Waals surface area contributed by atoms with Gasteiger partial charge in [-0.2, -0.15) is 0 Å². The van der Waals surface area contributed by atoms with Crippen molar-refractivity contribution in [3.05, 3.63) is 24.0 Å². The molecule has 1 aliphatic carbocycles. The lowest BCUT2D eigenvalue weighted by molar-refractivity contribution is 0.111. The van der Waals surface area contributed by atoms with E-state index in [4.69, 9.17) is 0 Å². The van der Waals surface area contributed by atoms with Crippen LogP contribution in [0.1, 0.15) is 23.3 Å². The van der Waals surface area contributed by atoms with Crippen LogP contribution in [0.3, 0.4) is 0 Å². The average Bonchev–Trinajstić information content (AvgIpc) is 2.96. The zero-order valence-corrected chi connectivity index (χ0v) is 8.05. The molecule has 15 heavy (non-hydrogen) atoms. The van der Waals surface area contributed by atoms with Crippen molar-refractivity contribution in [2.24, 2.45) is 0 Å². The molecule has 76 valence electrons. The molecule has 0 saturated heterocycles. The quantitative estimate of drug-likeness (QED) is 0.757. The third-order valence-corrected chi connectivity index (χ3v) is 2.39. The third kappa shape index (κ3) is 1.56. The lowest BCUT2D eigenvalue weighted by atomic mass is 10.5. The van der Waals surface area contributed by atoms with Gasteiger partial charge in [0.25, 0.3) is 0 Å². The van der Waals surface area contributed by atoms with Crippen LogP contribution in [0.4, 0.5) is 5.82 Å². The van der Waals surface area contributed by atoms with Gasteiger partial charge in [0.05, 0.1) is 6.20 Å². The lowest BCUT2D eigenvalue weighted by Crippen LogP contribution is -2.04. The fraction of sp³-hybridized carbons (Fsp3) is 0.300. The monoisotopic (exact) mass is 202 g/mol. The summed E-state index contributed by atoms with van der Waals surface area (Å²) in [5, 5.41) is 7.60. The van der Waals surface area contributed by atoms with E-state index in [9.17, 15) is 4.79 Å². The van der Waals surface area contributed by atoms with E-state index < -0.39 is 0 Å². The van der Waals surface area contributed by atoms with E-state index in [-0.39, 0.29) is 0 Å². The highest BCUT2D eigenvalue weighted by Crippen LogP contribution is 2.23. The topological polar surface area (TPSA) is 59.3 Å². The number of carbonyl (C=O) groups excluding carboxylic acids is 1. The van der Waals surface area contributed by atoms with Crippen LogP contribution in [0, 0.1) is 0 Å². The van der Waals surface area contributed by atoms with Gasteiger partial charge in [0, 0.05) is 6.04 Å². The number of carbonyl (C=O) groups is 1. The van der Waals surface area contributed by atoms with Crippen LogP contribution in [0.15, 0.2) is 18.3 Å². The molecule has 0 aliphatic heterocycles. The van der Waals surface area contributed by atoms with Crippen molar-refractivity contribution in [2.45, 2.75) is 18.9 Å². The number of hydrogen-bond donors (Lipinski definition) is 1. The van der Waals surface area contributed by atoms with Gasteiger partial charge in [0.1, 0.15) is 11.5 Å². The Kier molecular flexibility index (Phi) is 1.71. The normalized spacial score (nSPS) is 15.5. The van der Waals surface area contributed by atoms with E-state index in [1.54, 1.807) is 10.7 Å². The molecule has 1 N–H and O–H groups in total. The van der Waals surface area contributed by atoms with Crippen molar-refractivity contribution in [2.75, 3.05) is 5.32 Å². The zero-order chi connectivity index (χ0) is 10.3. The van der Waals surface area contributed by atoms with Crippen LogP contribution in [0.5, 0.6) is 0 Å². The van der Waals surface area contributed by atoms with Gasteiger partial charge in [0.15, 0.2) is 11.9 Å². The van der Waals surface area contributed by atoms with Gasteiger partial charge in [-0.05, 0) is 25.0 Å². The Morgan fingerprint density at radius 1 is 1.47 bits per heavy atom. The van der Waals surface area contributed by atoms with Crippen molar-refractivity contribution in [1.82, 2.24) is 14.6 Å². The predicted molar refractivity (Wildman–Crippen MR) is 55.0 cm³/mol. The average molecular weight is 202 g/mol. The van der Waals surface area contributed by atoms with E-state index in [0.29, 0.717) is 17.4 Å². The number of anilines is 1. The van der Waals surface area contributed by atoms with Crippen molar-refractivity contribution in [3.63, 3.8) is 0 Å². The minimum Gasteiger partial charge on any atom is -0.366 e. The van der Waals surface area contributed by atoms with Gasteiger partial charge < -0.3 is 5.32 Å². The summed E-state index contributed by atoms with van der Waals surface area (Å²) in [5.74, 6) is 0.833. The summed E-state index contributed by atoms with van der Waals surface area (Å²) < 4.78 is 1.62. The minimum absolute atomic E-state index is 0.408. The van der Waals surface area contributed by atoms with E-state index in [2.05, 4.69) is 15.4 Å². The third-order valence-electron chi connectivity index (χ3n) is 2.39. The molecule has 1 aliphatic rings. The first-order valence-electron chi connectivity index (χ1n) is 4.93. The number of aromatic nitrogens is 3. The highest BCUT2D eigenvalue weighted by atomic mass is 16.1. The van der Waals surface area contributed by atoms with Crippen LogP contribution in [-0.2, 0) is 0 Å². The molecule has 0 radical (unpaired) electrons. The maximum Gasteiger partial charge on any atom is 0.170 e. The summed E-state index contributed by atoms with van der Waals surface area (Å²) in [4.78, 5) is 14.6. The summed E-state index contributed by atoms with van der Waals surface area (Å²) in [7, 11) is 0. The van der Waals surface area contributed by atoms with Gasteiger partial charge in [-0.1, -0.05) is 0 Å². The Bertz CT molecular complexity index is 515. The summed E-state index contributed by atoms with van der Waals surface area (Å²) in [6, 6.07) is 4.31. The first-order valence-corrected chi connectivity index (χ1v) is 4.93. The molecule has 2 heterocycles. The molecular formula is C10H10N4O. The maximum absolute atomic E-state index is 10.5. The molecule has 0 spiro atoms. The van der Waals surface area contributed by atoms with Crippen molar-refractivity contribution >= 4 is 17.8 Å². The van der Waals surface area contributed by atoms with Crippen LogP contribution in [0.2, 0.25) is 0 Å². The Balaban J connectivity index is 1.99. The summed E-state index contributed by atoms with van der Waals surface area (Å²) in [6.45, 7) is 0. The van der Waals surface area contributed by atoms with E-state index in [0.717, 1.165) is 12.1 Å². The SMILES string of the molecule is O=Cc1cn2nc(NC3CC3)ccc2n1. The molecule has 0 unspecified atom stereocenters. The minimum atomic E-state index is 0.408. The highest BCUT2D eigenvalue weighted by molar-refractivity contribution is 5.73. The molecule has 2 aromatic rings. The molecule has 2 aromatic heterocycles. The summed E-state index contributed by atoms with van der Waals surface area (Å²) in [6.07, 6.45) is 4.77. The summed E-state index contributed by atoms with van der Waals surface area (Å²) >= 11 is 0. The molecule has 5 heteroatoms. The van der Waals surface area contributed by atoms with Crippen molar-refractivity contribution in [1.29, 1.82) is 0 Å². The second-order valence-electron chi connectivity index (χ2n) is 3.72. The van der Waals surface area contributed by atoms with Gasteiger partial charge in [-0.15, -0.1) is 5.10 Å². The fourth-order valence-electron chi connectivity index (χ4n) is 1.47. The van der Waals surface area contributed by atoms with Crippen molar-refractivity contribution in [3.8, 4) is 0 Å². The number of rotatable bonds is 3.